The molecule has 120 valence electrons. The van der Waals surface area contributed by atoms with Crippen molar-refractivity contribution in [1.29, 1.82) is 0 Å². The highest BCUT2D eigenvalue weighted by atomic mass is 16.5. The average molecular weight is 314 g/mol. The van der Waals surface area contributed by atoms with Gasteiger partial charge in [0.15, 0.2) is 0 Å². The Morgan fingerprint density at radius 3 is 2.83 bits per heavy atom. The molecular formula is C17H18N2O4. The number of carboxylic acids is 1. The highest BCUT2D eigenvalue weighted by molar-refractivity contribution is 5.70. The third-order valence-corrected chi connectivity index (χ3v) is 3.30. The topological polar surface area (TPSA) is 92.3 Å². The predicted octanol–water partition coefficient (Wildman–Crippen LogP) is 2.01. The van der Waals surface area contributed by atoms with E-state index in [4.69, 9.17) is 9.84 Å². The number of benzene rings is 1. The lowest BCUT2D eigenvalue weighted by molar-refractivity contribution is -0.136. The maximum absolute atomic E-state index is 11.9. The van der Waals surface area contributed by atoms with Crippen molar-refractivity contribution in [3.05, 3.63) is 69.9 Å². The summed E-state index contributed by atoms with van der Waals surface area (Å²) in [6.07, 6.45) is 2.11. The van der Waals surface area contributed by atoms with Crippen molar-refractivity contribution in [2.45, 2.75) is 26.4 Å². The maximum Gasteiger partial charge on any atom is 0.308 e. The van der Waals surface area contributed by atoms with E-state index in [1.807, 2.05) is 24.3 Å². The third-order valence-electron chi connectivity index (χ3n) is 3.30. The van der Waals surface area contributed by atoms with Crippen LogP contribution in [-0.2, 0) is 24.2 Å². The van der Waals surface area contributed by atoms with Crippen LogP contribution >= 0.6 is 0 Å². The van der Waals surface area contributed by atoms with E-state index in [2.05, 4.69) is 16.5 Å². The van der Waals surface area contributed by atoms with Crippen LogP contribution in [0.2, 0.25) is 0 Å². The van der Waals surface area contributed by atoms with Gasteiger partial charge >= 0.3 is 5.97 Å². The average Bonchev–Trinajstić information content (AvgIpc) is 2.50. The summed E-state index contributed by atoms with van der Waals surface area (Å²) in [5.41, 5.74) is 1.10. The van der Waals surface area contributed by atoms with Crippen LogP contribution in [0.1, 0.15) is 22.6 Å². The summed E-state index contributed by atoms with van der Waals surface area (Å²) in [5.74, 6) is -0.0138. The van der Waals surface area contributed by atoms with Gasteiger partial charge in [0.05, 0.1) is 6.42 Å². The van der Waals surface area contributed by atoms with Gasteiger partial charge in [0, 0.05) is 11.3 Å². The second-order valence-corrected chi connectivity index (χ2v) is 5.04. The molecule has 6 heteroatoms. The number of hydrogen-bond acceptors (Lipinski definition) is 4. The quantitative estimate of drug-likeness (QED) is 0.763. The summed E-state index contributed by atoms with van der Waals surface area (Å²) >= 11 is 0. The van der Waals surface area contributed by atoms with Crippen molar-refractivity contribution in [2.24, 2.45) is 0 Å². The van der Waals surface area contributed by atoms with Crippen LogP contribution in [0, 0.1) is 6.92 Å². The summed E-state index contributed by atoms with van der Waals surface area (Å²) in [4.78, 5) is 29.5. The van der Waals surface area contributed by atoms with Crippen molar-refractivity contribution < 1.29 is 14.6 Å². The van der Waals surface area contributed by atoms with Gasteiger partial charge in [-0.2, -0.15) is 0 Å². The van der Waals surface area contributed by atoms with Gasteiger partial charge in [-0.3, -0.25) is 9.59 Å². The first kappa shape index (κ1) is 16.5. The number of aromatic nitrogens is 2. The molecule has 2 aromatic rings. The van der Waals surface area contributed by atoms with E-state index >= 15 is 0 Å². The predicted molar refractivity (Wildman–Crippen MR) is 85.6 cm³/mol. The summed E-state index contributed by atoms with van der Waals surface area (Å²) in [6.45, 7) is 5.42. The molecule has 0 atom stereocenters. The van der Waals surface area contributed by atoms with Crippen molar-refractivity contribution >= 4 is 5.97 Å². The van der Waals surface area contributed by atoms with Gasteiger partial charge in [-0.25, -0.2) is 4.98 Å². The number of allylic oxidation sites excluding steroid dienone is 1. The van der Waals surface area contributed by atoms with E-state index in [1.165, 1.54) is 0 Å². The Morgan fingerprint density at radius 1 is 1.43 bits per heavy atom. The number of hydrogen-bond donors (Lipinski definition) is 2. The second kappa shape index (κ2) is 7.40. The Kier molecular flexibility index (Phi) is 5.30. The molecule has 2 N–H and O–H groups in total. The lowest BCUT2D eigenvalue weighted by Crippen LogP contribution is -2.22. The van der Waals surface area contributed by atoms with Crippen molar-refractivity contribution in [3.8, 4) is 5.75 Å². The van der Waals surface area contributed by atoms with Crippen molar-refractivity contribution in [2.75, 3.05) is 0 Å². The fourth-order valence-electron chi connectivity index (χ4n) is 2.21. The molecule has 23 heavy (non-hydrogen) atoms. The molecule has 2 rings (SSSR count). The van der Waals surface area contributed by atoms with E-state index < -0.39 is 11.5 Å². The number of nitrogens with zero attached hydrogens (tertiary/aromatic N) is 1. The molecule has 0 saturated carbocycles. The number of aryl methyl sites for hydroxylation is 1. The van der Waals surface area contributed by atoms with Gasteiger partial charge < -0.3 is 14.8 Å². The smallest absolute Gasteiger partial charge is 0.308 e. The first-order valence-electron chi connectivity index (χ1n) is 7.13. The number of aromatic amines is 1. The second-order valence-electron chi connectivity index (χ2n) is 5.04. The molecular weight excluding hydrogens is 296 g/mol. The van der Waals surface area contributed by atoms with E-state index in [9.17, 15) is 9.59 Å². The van der Waals surface area contributed by atoms with Gasteiger partial charge in [0.2, 0.25) is 0 Å². The van der Waals surface area contributed by atoms with Gasteiger partial charge in [-0.1, -0.05) is 24.3 Å². The van der Waals surface area contributed by atoms with Gasteiger partial charge in [-0.15, -0.1) is 6.58 Å². The molecule has 1 aromatic heterocycles. The van der Waals surface area contributed by atoms with E-state index in [0.29, 0.717) is 23.7 Å². The Hall–Kier alpha value is -2.89. The zero-order valence-corrected chi connectivity index (χ0v) is 12.8. The molecule has 1 aromatic carbocycles. The van der Waals surface area contributed by atoms with Crippen LogP contribution in [0.15, 0.2) is 41.7 Å². The zero-order valence-electron chi connectivity index (χ0n) is 12.8. The molecule has 0 saturated heterocycles. The number of nitrogens with one attached hydrogen (secondary N) is 1. The Labute approximate surface area is 133 Å². The summed E-state index contributed by atoms with van der Waals surface area (Å²) in [7, 11) is 0. The summed E-state index contributed by atoms with van der Waals surface area (Å²) in [5, 5.41) is 8.80. The third kappa shape index (κ3) is 4.29. The normalized spacial score (nSPS) is 10.3. The van der Waals surface area contributed by atoms with Crippen LogP contribution in [-0.4, -0.2) is 21.0 Å². The van der Waals surface area contributed by atoms with E-state index in [-0.39, 0.29) is 18.6 Å². The van der Waals surface area contributed by atoms with Gasteiger partial charge in [0.25, 0.3) is 5.56 Å². The monoisotopic (exact) mass is 314 g/mol. The van der Waals surface area contributed by atoms with Crippen LogP contribution in [0.25, 0.3) is 0 Å². The van der Waals surface area contributed by atoms with Gasteiger partial charge in [-0.05, 0) is 25.0 Å². The fraction of sp³-hybridized carbons (Fsp3) is 0.235. The van der Waals surface area contributed by atoms with Crippen LogP contribution in [0.4, 0.5) is 0 Å². The zero-order chi connectivity index (χ0) is 16.8. The fourth-order valence-corrected chi connectivity index (χ4v) is 2.21. The molecule has 6 nitrogen and oxygen atoms in total. The van der Waals surface area contributed by atoms with Gasteiger partial charge in [0.1, 0.15) is 18.2 Å². The Morgan fingerprint density at radius 2 is 2.17 bits per heavy atom. The molecule has 0 radical (unpaired) electrons. The number of carbonyl (C=O) groups is 1. The first-order valence-corrected chi connectivity index (χ1v) is 7.13. The molecule has 0 aliphatic heterocycles. The minimum Gasteiger partial charge on any atom is -0.485 e. The number of para-hydroxylation sites is 1. The van der Waals surface area contributed by atoms with Crippen LogP contribution < -0.4 is 10.3 Å². The molecule has 0 amide bonds. The largest absolute Gasteiger partial charge is 0.485 e. The molecule has 0 aliphatic rings. The molecule has 1 heterocycles. The molecule has 0 aliphatic carbocycles. The maximum atomic E-state index is 11.9. The summed E-state index contributed by atoms with van der Waals surface area (Å²) < 4.78 is 5.71. The lowest BCUT2D eigenvalue weighted by atomic mass is 10.1. The lowest BCUT2D eigenvalue weighted by Gasteiger charge is -2.11. The molecule has 0 unspecified atom stereocenters. The SMILES string of the molecule is C=CCc1ccccc1OCc1nc(C)c(CC(=O)O)c(=O)[nH]1. The Bertz CT molecular complexity index is 780. The summed E-state index contributed by atoms with van der Waals surface area (Å²) in [6, 6.07) is 7.55. The number of carboxylic acid groups (broad SMARTS) is 1. The van der Waals surface area contributed by atoms with Crippen molar-refractivity contribution in [3.63, 3.8) is 0 Å². The van der Waals surface area contributed by atoms with Crippen molar-refractivity contribution in [1.82, 2.24) is 9.97 Å². The molecule has 0 bridgehead atoms. The standard InChI is InChI=1S/C17H18N2O4/c1-3-6-12-7-4-5-8-14(12)23-10-15-18-11(2)13(9-16(20)21)17(22)19-15/h3-5,7-8H,1,6,9-10H2,2H3,(H,20,21)(H,18,19,22). The number of rotatable bonds is 7. The minimum atomic E-state index is -1.07. The highest BCUT2D eigenvalue weighted by Gasteiger charge is 2.12. The Balaban J connectivity index is 2.17. The highest BCUT2D eigenvalue weighted by Crippen LogP contribution is 2.19. The van der Waals surface area contributed by atoms with E-state index in [1.54, 1.807) is 13.0 Å². The minimum absolute atomic E-state index is 0.0948. The molecule has 0 fully saturated rings. The first-order chi connectivity index (χ1) is 11.0. The van der Waals surface area contributed by atoms with Crippen LogP contribution in [0.5, 0.6) is 5.75 Å². The number of H-pyrrole nitrogens is 1. The number of ether oxygens (including phenoxy) is 1. The molecule has 0 spiro atoms. The number of aliphatic carboxylic acids is 1. The van der Waals surface area contributed by atoms with Crippen LogP contribution in [0.3, 0.4) is 0 Å². The van der Waals surface area contributed by atoms with E-state index in [0.717, 1.165) is 5.56 Å².